The van der Waals surface area contributed by atoms with Gasteiger partial charge in [0.25, 0.3) is 0 Å². The molecule has 4 rings (SSSR count). The summed E-state index contributed by atoms with van der Waals surface area (Å²) in [6.07, 6.45) is 5.03. The lowest BCUT2D eigenvalue weighted by Gasteiger charge is -2.22. The predicted octanol–water partition coefficient (Wildman–Crippen LogP) is 5.27. The number of rotatable bonds is 8. The average molecular weight is 418 g/mol. The van der Waals surface area contributed by atoms with E-state index in [4.69, 9.17) is 9.72 Å². The topological polar surface area (TPSA) is 63.2 Å². The standard InChI is InChI=1S/C26H31N3O2/c1-2-31-26(30)21-11-5-10-20(16-21)24-17-25(22-12-3-4-13-23(22)29-24)28-15-7-9-19-8-6-14-27-18-19/h3-5,10-13,16-17,19,27H,2,6-9,14-15,18H2,1H3,(H,28,29). The van der Waals surface area contributed by atoms with Gasteiger partial charge in [0, 0.05) is 23.2 Å². The number of nitrogens with one attached hydrogen (secondary N) is 2. The minimum atomic E-state index is -0.305. The summed E-state index contributed by atoms with van der Waals surface area (Å²) in [5.41, 5.74) is 4.34. The van der Waals surface area contributed by atoms with Crippen molar-refractivity contribution in [3.63, 3.8) is 0 Å². The van der Waals surface area contributed by atoms with E-state index in [1.54, 1.807) is 6.07 Å². The van der Waals surface area contributed by atoms with Crippen molar-refractivity contribution in [3.8, 4) is 11.3 Å². The van der Waals surface area contributed by atoms with Gasteiger partial charge in [0.1, 0.15) is 0 Å². The predicted molar refractivity (Wildman–Crippen MR) is 126 cm³/mol. The first-order valence-corrected chi connectivity index (χ1v) is 11.4. The van der Waals surface area contributed by atoms with E-state index in [1.165, 1.54) is 19.3 Å². The van der Waals surface area contributed by atoms with Crippen LogP contribution in [0.5, 0.6) is 0 Å². The van der Waals surface area contributed by atoms with Crippen LogP contribution >= 0.6 is 0 Å². The number of nitrogens with zero attached hydrogens (tertiary/aromatic N) is 1. The Balaban J connectivity index is 1.53. The third-order valence-corrected chi connectivity index (χ3v) is 5.89. The largest absolute Gasteiger partial charge is 0.462 e. The lowest BCUT2D eigenvalue weighted by molar-refractivity contribution is 0.0526. The average Bonchev–Trinajstić information content (AvgIpc) is 2.82. The van der Waals surface area contributed by atoms with Crippen molar-refractivity contribution in [2.24, 2.45) is 5.92 Å². The van der Waals surface area contributed by atoms with Crippen molar-refractivity contribution < 1.29 is 9.53 Å². The Morgan fingerprint density at radius 3 is 2.94 bits per heavy atom. The molecule has 1 unspecified atom stereocenters. The Labute approximate surface area is 184 Å². The molecule has 3 aromatic rings. The Hall–Kier alpha value is -2.92. The molecule has 2 heterocycles. The Morgan fingerprint density at radius 2 is 2.10 bits per heavy atom. The van der Waals surface area contributed by atoms with Crippen LogP contribution in [0.3, 0.4) is 0 Å². The first-order valence-electron chi connectivity index (χ1n) is 11.4. The SMILES string of the molecule is CCOC(=O)c1cccc(-c2cc(NCCCC3CCCNC3)c3ccccc3n2)c1. The quantitative estimate of drug-likeness (QED) is 0.386. The van der Waals surface area contributed by atoms with Gasteiger partial charge in [0.05, 0.1) is 23.4 Å². The molecule has 1 fully saturated rings. The molecular formula is C26H31N3O2. The van der Waals surface area contributed by atoms with E-state index in [2.05, 4.69) is 22.8 Å². The maximum atomic E-state index is 12.2. The Kier molecular flexibility index (Phi) is 7.15. The van der Waals surface area contributed by atoms with Crippen LogP contribution in [0.2, 0.25) is 0 Å². The third-order valence-electron chi connectivity index (χ3n) is 5.89. The zero-order valence-electron chi connectivity index (χ0n) is 18.2. The van der Waals surface area contributed by atoms with Crippen molar-refractivity contribution in [1.82, 2.24) is 10.3 Å². The van der Waals surface area contributed by atoms with Crippen molar-refractivity contribution >= 4 is 22.6 Å². The minimum Gasteiger partial charge on any atom is -0.462 e. The highest BCUT2D eigenvalue weighted by Crippen LogP contribution is 2.29. The molecule has 1 aliphatic rings. The van der Waals surface area contributed by atoms with Crippen molar-refractivity contribution in [2.45, 2.75) is 32.6 Å². The summed E-state index contributed by atoms with van der Waals surface area (Å²) in [4.78, 5) is 17.0. The van der Waals surface area contributed by atoms with E-state index in [9.17, 15) is 4.79 Å². The molecule has 5 nitrogen and oxygen atoms in total. The van der Waals surface area contributed by atoms with Gasteiger partial charge >= 0.3 is 5.97 Å². The van der Waals surface area contributed by atoms with Gasteiger partial charge in [0.2, 0.25) is 0 Å². The van der Waals surface area contributed by atoms with Crippen LogP contribution < -0.4 is 10.6 Å². The maximum absolute atomic E-state index is 12.2. The summed E-state index contributed by atoms with van der Waals surface area (Å²) >= 11 is 0. The van der Waals surface area contributed by atoms with E-state index >= 15 is 0 Å². The van der Waals surface area contributed by atoms with Gasteiger partial charge in [-0.2, -0.15) is 0 Å². The molecule has 5 heteroatoms. The minimum absolute atomic E-state index is 0.305. The van der Waals surface area contributed by atoms with E-state index in [0.29, 0.717) is 12.2 Å². The van der Waals surface area contributed by atoms with Crippen molar-refractivity contribution in [2.75, 3.05) is 31.6 Å². The number of anilines is 1. The van der Waals surface area contributed by atoms with Gasteiger partial charge in [-0.1, -0.05) is 30.3 Å². The highest BCUT2D eigenvalue weighted by Gasteiger charge is 2.13. The lowest BCUT2D eigenvalue weighted by atomic mass is 9.95. The summed E-state index contributed by atoms with van der Waals surface area (Å²) in [5, 5.41) is 8.26. The molecule has 0 bridgehead atoms. The highest BCUT2D eigenvalue weighted by molar-refractivity contribution is 5.95. The lowest BCUT2D eigenvalue weighted by Crippen LogP contribution is -2.29. The van der Waals surface area contributed by atoms with Crippen LogP contribution in [-0.4, -0.2) is 37.2 Å². The number of benzene rings is 2. The molecule has 1 aliphatic heterocycles. The monoisotopic (exact) mass is 417 g/mol. The molecule has 162 valence electrons. The van der Waals surface area contributed by atoms with E-state index in [-0.39, 0.29) is 5.97 Å². The fourth-order valence-electron chi connectivity index (χ4n) is 4.27. The normalized spacial score (nSPS) is 16.2. The first kappa shape index (κ1) is 21.3. The fraction of sp³-hybridized carbons (Fsp3) is 0.385. The summed E-state index contributed by atoms with van der Waals surface area (Å²) < 4.78 is 5.15. The molecular weight excluding hydrogens is 386 g/mol. The van der Waals surface area contributed by atoms with Crippen LogP contribution in [0.1, 0.15) is 43.0 Å². The number of aromatic nitrogens is 1. The first-order chi connectivity index (χ1) is 15.2. The molecule has 0 spiro atoms. The van der Waals surface area contributed by atoms with Crippen LogP contribution in [-0.2, 0) is 4.74 Å². The molecule has 2 N–H and O–H groups in total. The number of para-hydroxylation sites is 1. The van der Waals surface area contributed by atoms with Crippen LogP contribution in [0.25, 0.3) is 22.2 Å². The smallest absolute Gasteiger partial charge is 0.338 e. The van der Waals surface area contributed by atoms with E-state index < -0.39 is 0 Å². The van der Waals surface area contributed by atoms with Gasteiger partial charge < -0.3 is 15.4 Å². The number of piperidine rings is 1. The molecule has 1 saturated heterocycles. The number of esters is 1. The van der Waals surface area contributed by atoms with E-state index in [1.807, 2.05) is 43.3 Å². The van der Waals surface area contributed by atoms with Crippen LogP contribution in [0.15, 0.2) is 54.6 Å². The van der Waals surface area contributed by atoms with Gasteiger partial charge in [-0.05, 0) is 75.9 Å². The number of carbonyl (C=O) groups is 1. The Bertz CT molecular complexity index is 1030. The number of hydrogen-bond donors (Lipinski definition) is 2. The number of carbonyl (C=O) groups excluding carboxylic acids is 1. The number of fused-ring (bicyclic) bond motifs is 1. The second kappa shape index (κ2) is 10.4. The molecule has 0 aliphatic carbocycles. The highest BCUT2D eigenvalue weighted by atomic mass is 16.5. The van der Waals surface area contributed by atoms with Crippen molar-refractivity contribution in [3.05, 3.63) is 60.2 Å². The molecule has 0 saturated carbocycles. The zero-order valence-corrected chi connectivity index (χ0v) is 18.2. The third kappa shape index (κ3) is 5.42. The molecule has 0 amide bonds. The second-order valence-corrected chi connectivity index (χ2v) is 8.15. The van der Waals surface area contributed by atoms with Gasteiger partial charge in [-0.25, -0.2) is 9.78 Å². The van der Waals surface area contributed by atoms with Gasteiger partial charge in [-0.15, -0.1) is 0 Å². The summed E-state index contributed by atoms with van der Waals surface area (Å²) in [6, 6.07) is 17.8. The number of hydrogen-bond acceptors (Lipinski definition) is 5. The molecule has 2 aromatic carbocycles. The van der Waals surface area contributed by atoms with Gasteiger partial charge in [0.15, 0.2) is 0 Å². The Morgan fingerprint density at radius 1 is 1.19 bits per heavy atom. The van der Waals surface area contributed by atoms with Crippen LogP contribution in [0.4, 0.5) is 5.69 Å². The summed E-state index contributed by atoms with van der Waals surface area (Å²) in [7, 11) is 0. The molecule has 31 heavy (non-hydrogen) atoms. The summed E-state index contributed by atoms with van der Waals surface area (Å²) in [5.74, 6) is 0.492. The van der Waals surface area contributed by atoms with Crippen LogP contribution in [0, 0.1) is 5.92 Å². The molecule has 1 aromatic heterocycles. The number of pyridine rings is 1. The fourth-order valence-corrected chi connectivity index (χ4v) is 4.27. The molecule has 0 radical (unpaired) electrons. The molecule has 1 atom stereocenters. The number of ether oxygens (including phenoxy) is 1. The maximum Gasteiger partial charge on any atom is 0.338 e. The van der Waals surface area contributed by atoms with E-state index in [0.717, 1.165) is 59.8 Å². The summed E-state index contributed by atoms with van der Waals surface area (Å²) in [6.45, 7) is 5.43. The van der Waals surface area contributed by atoms with Crippen molar-refractivity contribution in [1.29, 1.82) is 0 Å². The van der Waals surface area contributed by atoms with Gasteiger partial charge in [-0.3, -0.25) is 0 Å². The second-order valence-electron chi connectivity index (χ2n) is 8.15. The zero-order chi connectivity index (χ0) is 21.5.